The van der Waals surface area contributed by atoms with Crippen LogP contribution in [0, 0.1) is 24.0 Å². The Morgan fingerprint density at radius 1 is 1.06 bits per heavy atom. The summed E-state index contributed by atoms with van der Waals surface area (Å²) >= 11 is 0. The Hall–Kier alpha value is -3.69. The Morgan fingerprint density at radius 2 is 1.74 bits per heavy atom. The molecule has 2 heterocycles. The standard InChI is InChI=1S/C24H29N3O7/c1-4-33-24(30)21-15(2)22(25-16(21)3)20(28)14-34-23(29)17-9-10-18(19(13-17)27(31)32)26-11-7-5-6-8-12-26/h9-10,13,25H,4-8,11-12,14H2,1-3H3. The SMILES string of the molecule is CCOC(=O)c1c(C)[nH]c(C(=O)COC(=O)c2ccc(N3CCCCCC3)c([N+](=O)[O-])c2)c1C. The van der Waals surface area contributed by atoms with E-state index in [-0.39, 0.29) is 29.1 Å². The molecule has 10 nitrogen and oxygen atoms in total. The normalized spacial score (nSPS) is 13.8. The molecular weight excluding hydrogens is 442 g/mol. The maximum absolute atomic E-state index is 12.6. The molecule has 10 heteroatoms. The molecule has 1 saturated heterocycles. The third-order valence-electron chi connectivity index (χ3n) is 5.88. The van der Waals surface area contributed by atoms with E-state index in [0.717, 1.165) is 38.8 Å². The number of H-pyrrole nitrogens is 1. The van der Waals surface area contributed by atoms with Crippen LogP contribution in [0.3, 0.4) is 0 Å². The van der Waals surface area contributed by atoms with Crippen LogP contribution in [-0.4, -0.2) is 53.9 Å². The molecule has 1 fully saturated rings. The van der Waals surface area contributed by atoms with E-state index in [1.165, 1.54) is 12.1 Å². The number of aromatic amines is 1. The number of aryl methyl sites for hydroxylation is 1. The summed E-state index contributed by atoms with van der Waals surface area (Å²) in [5, 5.41) is 11.7. The molecule has 34 heavy (non-hydrogen) atoms. The zero-order valence-electron chi connectivity index (χ0n) is 19.6. The topological polar surface area (TPSA) is 132 Å². The van der Waals surface area contributed by atoms with Gasteiger partial charge < -0.3 is 19.4 Å². The molecule has 0 atom stereocenters. The molecular formula is C24H29N3O7. The van der Waals surface area contributed by atoms with Crippen molar-refractivity contribution in [3.8, 4) is 0 Å². The summed E-state index contributed by atoms with van der Waals surface area (Å²) in [6, 6.07) is 4.23. The van der Waals surface area contributed by atoms with Crippen LogP contribution in [0.4, 0.5) is 11.4 Å². The number of rotatable bonds is 8. The van der Waals surface area contributed by atoms with Gasteiger partial charge in [0.2, 0.25) is 5.78 Å². The lowest BCUT2D eigenvalue weighted by molar-refractivity contribution is -0.384. The number of nitro benzene ring substituents is 1. The van der Waals surface area contributed by atoms with Gasteiger partial charge in [-0.25, -0.2) is 9.59 Å². The van der Waals surface area contributed by atoms with Gasteiger partial charge >= 0.3 is 11.9 Å². The fraction of sp³-hybridized carbons (Fsp3) is 0.458. The average molecular weight is 472 g/mol. The van der Waals surface area contributed by atoms with Crippen LogP contribution in [0.5, 0.6) is 0 Å². The lowest BCUT2D eigenvalue weighted by Crippen LogP contribution is -2.25. The quantitative estimate of drug-likeness (QED) is 0.263. The van der Waals surface area contributed by atoms with Crippen LogP contribution < -0.4 is 4.90 Å². The van der Waals surface area contributed by atoms with Crippen molar-refractivity contribution < 1.29 is 28.8 Å². The molecule has 1 aliphatic rings. The summed E-state index contributed by atoms with van der Waals surface area (Å²) in [5.41, 5.74) is 1.61. The zero-order valence-corrected chi connectivity index (χ0v) is 19.6. The van der Waals surface area contributed by atoms with E-state index < -0.39 is 29.3 Å². The summed E-state index contributed by atoms with van der Waals surface area (Å²) in [4.78, 5) is 53.3. The third-order valence-corrected chi connectivity index (χ3v) is 5.88. The Balaban J connectivity index is 1.73. The van der Waals surface area contributed by atoms with Crippen molar-refractivity contribution in [2.75, 3.05) is 31.2 Å². The van der Waals surface area contributed by atoms with E-state index in [9.17, 15) is 24.5 Å². The van der Waals surface area contributed by atoms with Crippen molar-refractivity contribution in [3.05, 3.63) is 56.4 Å². The molecule has 0 bridgehead atoms. The molecule has 0 aliphatic carbocycles. The molecule has 182 valence electrons. The molecule has 1 aromatic carbocycles. The van der Waals surface area contributed by atoms with Gasteiger partial charge in [-0.15, -0.1) is 0 Å². The number of aromatic nitrogens is 1. The van der Waals surface area contributed by atoms with Crippen LogP contribution >= 0.6 is 0 Å². The van der Waals surface area contributed by atoms with E-state index in [1.54, 1.807) is 26.8 Å². The van der Waals surface area contributed by atoms with Gasteiger partial charge in [0.15, 0.2) is 6.61 Å². The second-order valence-electron chi connectivity index (χ2n) is 8.21. The Morgan fingerprint density at radius 3 is 2.35 bits per heavy atom. The number of nitrogens with one attached hydrogen (secondary N) is 1. The first kappa shape index (κ1) is 24.9. The van der Waals surface area contributed by atoms with Crippen molar-refractivity contribution >= 4 is 29.1 Å². The largest absolute Gasteiger partial charge is 0.462 e. The number of esters is 2. The lowest BCUT2D eigenvalue weighted by atomic mass is 10.1. The van der Waals surface area contributed by atoms with Crippen LogP contribution in [-0.2, 0) is 9.47 Å². The second kappa shape index (κ2) is 11.0. The van der Waals surface area contributed by atoms with Gasteiger partial charge in [0.05, 0.1) is 28.4 Å². The Bertz CT molecular complexity index is 1100. The predicted octanol–water partition coefficient (Wildman–Crippen LogP) is 4.14. The summed E-state index contributed by atoms with van der Waals surface area (Å²) < 4.78 is 10.2. The molecule has 0 radical (unpaired) electrons. The average Bonchev–Trinajstić information content (AvgIpc) is 2.97. The number of Topliss-reactive ketones (excluding diaryl/α,β-unsaturated/α-hetero) is 1. The van der Waals surface area contributed by atoms with E-state index in [4.69, 9.17) is 9.47 Å². The Labute approximate surface area is 197 Å². The van der Waals surface area contributed by atoms with Crippen molar-refractivity contribution in [2.45, 2.75) is 46.5 Å². The monoisotopic (exact) mass is 471 g/mol. The minimum Gasteiger partial charge on any atom is -0.462 e. The Kier molecular flexibility index (Phi) is 8.04. The molecule has 0 spiro atoms. The van der Waals surface area contributed by atoms with E-state index in [2.05, 4.69) is 4.98 Å². The van der Waals surface area contributed by atoms with Crippen LogP contribution in [0.2, 0.25) is 0 Å². The molecule has 0 amide bonds. The van der Waals surface area contributed by atoms with E-state index >= 15 is 0 Å². The number of ketones is 1. The van der Waals surface area contributed by atoms with Crippen molar-refractivity contribution in [3.63, 3.8) is 0 Å². The summed E-state index contributed by atoms with van der Waals surface area (Å²) in [7, 11) is 0. The summed E-state index contributed by atoms with van der Waals surface area (Å²) in [6.07, 6.45) is 4.09. The first-order chi connectivity index (χ1) is 16.2. The van der Waals surface area contributed by atoms with E-state index in [1.807, 2.05) is 4.90 Å². The number of nitrogens with zero attached hydrogens (tertiary/aromatic N) is 2. The van der Waals surface area contributed by atoms with Gasteiger partial charge in [0.1, 0.15) is 5.69 Å². The van der Waals surface area contributed by atoms with Crippen molar-refractivity contribution in [1.29, 1.82) is 0 Å². The van der Waals surface area contributed by atoms with Crippen LogP contribution in [0.25, 0.3) is 0 Å². The maximum Gasteiger partial charge on any atom is 0.340 e. The second-order valence-corrected chi connectivity index (χ2v) is 8.21. The molecule has 3 rings (SSSR count). The first-order valence-electron chi connectivity index (χ1n) is 11.3. The molecule has 1 aromatic heterocycles. The molecule has 0 unspecified atom stereocenters. The molecule has 2 aromatic rings. The molecule has 1 N–H and O–H groups in total. The molecule has 1 aliphatic heterocycles. The van der Waals surface area contributed by atoms with Gasteiger partial charge in [-0.3, -0.25) is 14.9 Å². The number of carbonyl (C=O) groups excluding carboxylic acids is 3. The summed E-state index contributed by atoms with van der Waals surface area (Å²) in [6.45, 7) is 6.01. The lowest BCUT2D eigenvalue weighted by Gasteiger charge is -2.22. The highest BCUT2D eigenvalue weighted by Crippen LogP contribution is 2.31. The highest BCUT2D eigenvalue weighted by molar-refractivity contribution is 6.03. The van der Waals surface area contributed by atoms with Gasteiger partial charge in [-0.1, -0.05) is 12.8 Å². The van der Waals surface area contributed by atoms with Gasteiger partial charge in [-0.2, -0.15) is 0 Å². The smallest absolute Gasteiger partial charge is 0.340 e. The number of benzene rings is 1. The first-order valence-corrected chi connectivity index (χ1v) is 11.3. The minimum atomic E-state index is -0.842. The number of hydrogen-bond donors (Lipinski definition) is 1. The fourth-order valence-electron chi connectivity index (χ4n) is 4.20. The minimum absolute atomic E-state index is 0.00956. The van der Waals surface area contributed by atoms with Crippen LogP contribution in [0.1, 0.15) is 75.1 Å². The zero-order chi connectivity index (χ0) is 24.8. The number of carbonyl (C=O) groups is 3. The van der Waals surface area contributed by atoms with Crippen LogP contribution in [0.15, 0.2) is 18.2 Å². The van der Waals surface area contributed by atoms with Crippen molar-refractivity contribution in [1.82, 2.24) is 4.98 Å². The predicted molar refractivity (Wildman–Crippen MR) is 125 cm³/mol. The number of anilines is 1. The van der Waals surface area contributed by atoms with Crippen molar-refractivity contribution in [2.24, 2.45) is 0 Å². The highest BCUT2D eigenvalue weighted by Gasteiger charge is 2.25. The number of ether oxygens (including phenoxy) is 2. The number of hydrogen-bond acceptors (Lipinski definition) is 8. The van der Waals surface area contributed by atoms with E-state index in [0.29, 0.717) is 16.9 Å². The summed E-state index contributed by atoms with van der Waals surface area (Å²) in [5.74, 6) is -1.91. The number of nitro groups is 1. The van der Waals surface area contributed by atoms with Gasteiger partial charge in [0.25, 0.3) is 5.69 Å². The molecule has 0 saturated carbocycles. The van der Waals surface area contributed by atoms with Gasteiger partial charge in [-0.05, 0) is 51.3 Å². The fourth-order valence-corrected chi connectivity index (χ4v) is 4.20. The highest BCUT2D eigenvalue weighted by atomic mass is 16.6. The third kappa shape index (κ3) is 5.44. The maximum atomic E-state index is 12.6. The van der Waals surface area contributed by atoms with Gasteiger partial charge in [0, 0.05) is 24.8 Å².